The van der Waals surface area contributed by atoms with Gasteiger partial charge in [0.25, 0.3) is 0 Å². The van der Waals surface area contributed by atoms with E-state index < -0.39 is 0 Å². The molecule has 3 N–H and O–H groups in total. The summed E-state index contributed by atoms with van der Waals surface area (Å²) in [7, 11) is 0. The van der Waals surface area contributed by atoms with Gasteiger partial charge in [0.1, 0.15) is 5.82 Å². The first kappa shape index (κ1) is 18.4. The molecule has 2 amide bonds. The second-order valence-electron chi connectivity index (χ2n) is 6.73. The van der Waals surface area contributed by atoms with Crippen LogP contribution < -0.4 is 11.1 Å². The van der Waals surface area contributed by atoms with Gasteiger partial charge in [-0.2, -0.15) is 0 Å². The molecule has 1 aromatic carbocycles. The largest absolute Gasteiger partial charge is 0.368 e. The molecule has 1 saturated heterocycles. The Kier molecular flexibility index (Phi) is 6.31. The molecular weight excluding hydrogens is 309 g/mol. The van der Waals surface area contributed by atoms with E-state index in [-0.39, 0.29) is 42.2 Å². The van der Waals surface area contributed by atoms with Gasteiger partial charge in [-0.05, 0) is 43.0 Å². The van der Waals surface area contributed by atoms with Crippen LogP contribution in [0.5, 0.6) is 0 Å². The zero-order valence-corrected chi connectivity index (χ0v) is 14.3. The van der Waals surface area contributed by atoms with Gasteiger partial charge in [0.15, 0.2) is 0 Å². The maximum absolute atomic E-state index is 13.1. The summed E-state index contributed by atoms with van der Waals surface area (Å²) < 4.78 is 13.1. The Morgan fingerprint density at radius 1 is 1.29 bits per heavy atom. The number of hydrogen-bond donors (Lipinski definition) is 2. The van der Waals surface area contributed by atoms with Crippen molar-refractivity contribution in [2.24, 2.45) is 11.7 Å². The average molecular weight is 335 g/mol. The molecule has 0 aromatic heterocycles. The van der Waals surface area contributed by atoms with E-state index in [9.17, 15) is 14.0 Å². The van der Waals surface area contributed by atoms with Gasteiger partial charge in [-0.25, -0.2) is 4.39 Å². The van der Waals surface area contributed by atoms with Crippen LogP contribution in [0, 0.1) is 11.7 Å². The van der Waals surface area contributed by atoms with E-state index >= 15 is 0 Å². The number of likely N-dealkylation sites (tertiary alicyclic amines) is 1. The lowest BCUT2D eigenvalue weighted by Gasteiger charge is -2.33. The Morgan fingerprint density at radius 3 is 2.54 bits per heavy atom. The summed E-state index contributed by atoms with van der Waals surface area (Å²) in [5, 5.41) is 3.00. The molecular formula is C18H26FN3O2. The minimum atomic E-state index is -0.374. The van der Waals surface area contributed by atoms with Crippen LogP contribution in [0.15, 0.2) is 24.3 Å². The van der Waals surface area contributed by atoms with Crippen molar-refractivity contribution in [2.75, 3.05) is 13.1 Å². The molecule has 1 aromatic rings. The Morgan fingerprint density at radius 2 is 1.96 bits per heavy atom. The molecule has 1 fully saturated rings. The van der Waals surface area contributed by atoms with Crippen LogP contribution in [-0.4, -0.2) is 35.8 Å². The molecule has 0 aliphatic carbocycles. The van der Waals surface area contributed by atoms with Crippen LogP contribution in [0.25, 0.3) is 0 Å². The molecule has 2 atom stereocenters. The van der Waals surface area contributed by atoms with E-state index in [0.29, 0.717) is 13.0 Å². The molecule has 0 saturated carbocycles. The first-order valence-electron chi connectivity index (χ1n) is 8.46. The number of benzene rings is 1. The molecule has 0 bridgehead atoms. The molecule has 1 aliphatic heterocycles. The lowest BCUT2D eigenvalue weighted by molar-refractivity contribution is -0.128. The molecule has 2 rings (SSSR count). The highest BCUT2D eigenvalue weighted by molar-refractivity contribution is 5.82. The molecule has 5 nitrogen and oxygen atoms in total. The third-order valence-corrected chi connectivity index (χ3v) is 4.50. The number of nitrogens with zero attached hydrogens (tertiary/aromatic N) is 1. The van der Waals surface area contributed by atoms with Crippen molar-refractivity contribution < 1.29 is 14.0 Å². The Bertz CT molecular complexity index is 574. The minimum Gasteiger partial charge on any atom is -0.368 e. The fourth-order valence-corrected chi connectivity index (χ4v) is 3.21. The van der Waals surface area contributed by atoms with E-state index in [1.54, 1.807) is 12.1 Å². The number of primary amides is 1. The highest BCUT2D eigenvalue weighted by Gasteiger charge is 2.29. The molecule has 132 valence electrons. The van der Waals surface area contributed by atoms with Crippen LogP contribution in [0.4, 0.5) is 4.39 Å². The topological polar surface area (TPSA) is 75.4 Å². The van der Waals surface area contributed by atoms with Crippen molar-refractivity contribution in [3.05, 3.63) is 35.6 Å². The van der Waals surface area contributed by atoms with Crippen molar-refractivity contribution in [2.45, 2.75) is 45.2 Å². The van der Waals surface area contributed by atoms with Crippen molar-refractivity contribution in [3.8, 4) is 0 Å². The number of nitrogens with one attached hydrogen (secondary N) is 1. The van der Waals surface area contributed by atoms with E-state index in [1.165, 1.54) is 12.1 Å². The summed E-state index contributed by atoms with van der Waals surface area (Å²) in [5.41, 5.74) is 6.31. The number of carbonyl (C=O) groups excluding carboxylic acids is 2. The number of amides is 2. The zero-order valence-electron chi connectivity index (χ0n) is 14.3. The predicted molar refractivity (Wildman–Crippen MR) is 90.5 cm³/mol. The summed E-state index contributed by atoms with van der Waals surface area (Å²) in [6, 6.07) is 5.60. The third kappa shape index (κ3) is 4.77. The lowest BCUT2D eigenvalue weighted by atomic mass is 9.96. The standard InChI is InChI=1S/C18H26FN3O2/c1-12(2)17(13-6-8-14(19)9-7-13)21-16(23)11-22-10-4-3-5-15(22)18(20)24/h6-9,12,15,17H,3-5,10-11H2,1-2H3,(H2,20,24)(H,21,23)/t15-,17-/m1/s1. The van der Waals surface area contributed by atoms with Crippen LogP contribution in [0.3, 0.4) is 0 Å². The highest BCUT2D eigenvalue weighted by atomic mass is 19.1. The molecule has 0 unspecified atom stereocenters. The van der Waals surface area contributed by atoms with Crippen LogP contribution in [0.2, 0.25) is 0 Å². The van der Waals surface area contributed by atoms with E-state index in [1.807, 2.05) is 18.7 Å². The zero-order chi connectivity index (χ0) is 17.7. The number of nitrogens with two attached hydrogens (primary N) is 1. The molecule has 0 spiro atoms. The van der Waals surface area contributed by atoms with Gasteiger partial charge in [-0.1, -0.05) is 32.4 Å². The summed E-state index contributed by atoms with van der Waals surface area (Å²) in [6.45, 7) is 4.85. The van der Waals surface area contributed by atoms with Crippen molar-refractivity contribution in [1.29, 1.82) is 0 Å². The Balaban J connectivity index is 2.02. The summed E-state index contributed by atoms with van der Waals surface area (Å²) >= 11 is 0. The summed E-state index contributed by atoms with van der Waals surface area (Å²) in [5.74, 6) is -0.662. The van der Waals surface area contributed by atoms with Gasteiger partial charge in [0.2, 0.25) is 11.8 Å². The highest BCUT2D eigenvalue weighted by Crippen LogP contribution is 2.22. The smallest absolute Gasteiger partial charge is 0.234 e. The number of halogens is 1. The lowest BCUT2D eigenvalue weighted by Crippen LogP contribution is -2.51. The molecule has 1 heterocycles. The minimum absolute atomic E-state index is 0.147. The predicted octanol–water partition coefficient (Wildman–Crippen LogP) is 1.98. The van der Waals surface area contributed by atoms with Crippen molar-refractivity contribution >= 4 is 11.8 Å². The first-order valence-corrected chi connectivity index (χ1v) is 8.46. The van der Waals surface area contributed by atoms with E-state index in [0.717, 1.165) is 18.4 Å². The summed E-state index contributed by atoms with van der Waals surface area (Å²) in [4.78, 5) is 25.8. The van der Waals surface area contributed by atoms with Gasteiger partial charge in [-0.15, -0.1) is 0 Å². The molecule has 6 heteroatoms. The molecule has 0 radical (unpaired) electrons. The second kappa shape index (κ2) is 8.24. The van der Waals surface area contributed by atoms with E-state index in [4.69, 9.17) is 5.73 Å². The fraction of sp³-hybridized carbons (Fsp3) is 0.556. The number of rotatable bonds is 6. The summed E-state index contributed by atoms with van der Waals surface area (Å²) in [6.07, 6.45) is 2.62. The van der Waals surface area contributed by atoms with E-state index in [2.05, 4.69) is 5.32 Å². The van der Waals surface area contributed by atoms with Gasteiger partial charge in [0.05, 0.1) is 18.6 Å². The van der Waals surface area contributed by atoms with Crippen LogP contribution >= 0.6 is 0 Å². The fourth-order valence-electron chi connectivity index (χ4n) is 3.21. The number of hydrogen-bond acceptors (Lipinski definition) is 3. The number of carbonyl (C=O) groups is 2. The van der Waals surface area contributed by atoms with Gasteiger partial charge >= 0.3 is 0 Å². The third-order valence-electron chi connectivity index (χ3n) is 4.50. The van der Waals surface area contributed by atoms with Crippen LogP contribution in [-0.2, 0) is 9.59 Å². The maximum Gasteiger partial charge on any atom is 0.234 e. The van der Waals surface area contributed by atoms with Gasteiger partial charge < -0.3 is 11.1 Å². The maximum atomic E-state index is 13.1. The Labute approximate surface area is 142 Å². The Hall–Kier alpha value is -1.95. The van der Waals surface area contributed by atoms with Gasteiger partial charge in [-0.3, -0.25) is 14.5 Å². The van der Waals surface area contributed by atoms with Crippen molar-refractivity contribution in [1.82, 2.24) is 10.2 Å². The second-order valence-corrected chi connectivity index (χ2v) is 6.73. The first-order chi connectivity index (χ1) is 11.4. The van der Waals surface area contributed by atoms with Crippen molar-refractivity contribution in [3.63, 3.8) is 0 Å². The van der Waals surface area contributed by atoms with Crippen LogP contribution in [0.1, 0.15) is 44.7 Å². The quantitative estimate of drug-likeness (QED) is 0.835. The van der Waals surface area contributed by atoms with Gasteiger partial charge in [0, 0.05) is 0 Å². The normalized spacial score (nSPS) is 19.9. The average Bonchev–Trinajstić information content (AvgIpc) is 2.53. The number of piperidine rings is 1. The monoisotopic (exact) mass is 335 g/mol. The molecule has 24 heavy (non-hydrogen) atoms. The SMILES string of the molecule is CC(C)[C@@H](NC(=O)CN1CCCC[C@@H]1C(N)=O)c1ccc(F)cc1. The molecule has 1 aliphatic rings.